The van der Waals surface area contributed by atoms with Gasteiger partial charge in [0.05, 0.1) is 23.8 Å². The Morgan fingerprint density at radius 1 is 1.11 bits per heavy atom. The summed E-state index contributed by atoms with van der Waals surface area (Å²) in [5, 5.41) is 5.30. The quantitative estimate of drug-likeness (QED) is 0.410. The first-order valence-electron chi connectivity index (χ1n) is 11.5. The van der Waals surface area contributed by atoms with Crippen LogP contribution in [0.1, 0.15) is 41.0 Å². The van der Waals surface area contributed by atoms with Crippen LogP contribution < -0.4 is 10.2 Å². The minimum absolute atomic E-state index is 0.161. The highest BCUT2D eigenvalue weighted by Gasteiger charge is 2.28. The van der Waals surface area contributed by atoms with Crippen molar-refractivity contribution in [3.63, 3.8) is 0 Å². The molecule has 182 valence electrons. The van der Waals surface area contributed by atoms with Gasteiger partial charge in [-0.1, -0.05) is 11.6 Å². The number of amides is 1. The summed E-state index contributed by atoms with van der Waals surface area (Å²) in [5.41, 5.74) is 4.09. The van der Waals surface area contributed by atoms with Crippen LogP contribution in [-0.4, -0.2) is 38.9 Å². The van der Waals surface area contributed by atoms with E-state index in [1.807, 2.05) is 5.38 Å². The van der Waals surface area contributed by atoms with Crippen LogP contribution in [-0.2, 0) is 6.42 Å². The zero-order valence-electron chi connectivity index (χ0n) is 19.0. The lowest BCUT2D eigenvalue weighted by Crippen LogP contribution is -2.31. The van der Waals surface area contributed by atoms with Crippen molar-refractivity contribution in [2.24, 2.45) is 0 Å². The minimum Gasteiger partial charge on any atom is -0.443 e. The van der Waals surface area contributed by atoms with Crippen LogP contribution in [0, 0.1) is 11.6 Å². The van der Waals surface area contributed by atoms with Gasteiger partial charge in [0.15, 0.2) is 10.9 Å². The van der Waals surface area contributed by atoms with E-state index in [-0.39, 0.29) is 5.82 Å². The van der Waals surface area contributed by atoms with Gasteiger partial charge in [0.25, 0.3) is 5.91 Å². The molecule has 0 spiro atoms. The number of carbonyl (C=O) groups is 1. The molecule has 6 rings (SSSR count). The van der Waals surface area contributed by atoms with E-state index in [1.165, 1.54) is 35.4 Å². The second-order valence-electron chi connectivity index (χ2n) is 8.56. The summed E-state index contributed by atoms with van der Waals surface area (Å²) in [6.45, 7) is 1.49. The van der Waals surface area contributed by atoms with E-state index in [4.69, 9.17) is 9.40 Å². The van der Waals surface area contributed by atoms with E-state index in [9.17, 15) is 13.6 Å². The van der Waals surface area contributed by atoms with Crippen molar-refractivity contribution < 1.29 is 18.0 Å². The van der Waals surface area contributed by atoms with Crippen molar-refractivity contribution in [3.05, 3.63) is 76.4 Å². The molecular formula is C25H20F2N6O2S. The highest BCUT2D eigenvalue weighted by Crippen LogP contribution is 2.37. The summed E-state index contributed by atoms with van der Waals surface area (Å²) in [7, 11) is 0. The molecule has 0 bridgehead atoms. The number of aryl methyl sites for hydroxylation is 1. The number of anilines is 2. The van der Waals surface area contributed by atoms with Crippen molar-refractivity contribution in [2.45, 2.75) is 25.7 Å². The summed E-state index contributed by atoms with van der Waals surface area (Å²) >= 11 is 1.54. The second-order valence-corrected chi connectivity index (χ2v) is 9.40. The molecule has 11 heteroatoms. The Balaban J connectivity index is 1.25. The number of rotatable bonds is 4. The summed E-state index contributed by atoms with van der Waals surface area (Å²) in [6, 6.07) is 3.29. The minimum atomic E-state index is -0.930. The molecule has 4 heterocycles. The maximum atomic E-state index is 14.0. The number of hydrogen-bond donors (Lipinski definition) is 1. The topological polar surface area (TPSA) is 97.0 Å². The first kappa shape index (κ1) is 22.5. The number of oxazole rings is 1. The van der Waals surface area contributed by atoms with E-state index >= 15 is 0 Å². The lowest BCUT2D eigenvalue weighted by Gasteiger charge is -2.30. The van der Waals surface area contributed by atoms with Gasteiger partial charge in [0.2, 0.25) is 5.89 Å². The highest BCUT2D eigenvalue weighted by molar-refractivity contribution is 7.14. The number of benzene rings is 1. The highest BCUT2D eigenvalue weighted by atomic mass is 32.1. The first-order valence-corrected chi connectivity index (χ1v) is 12.4. The van der Waals surface area contributed by atoms with Crippen molar-refractivity contribution in [3.8, 4) is 11.6 Å². The number of fused-ring (bicyclic) bond motifs is 2. The van der Waals surface area contributed by atoms with Crippen molar-refractivity contribution >= 4 is 33.8 Å². The third-order valence-corrected chi connectivity index (χ3v) is 7.23. The zero-order valence-corrected chi connectivity index (χ0v) is 19.8. The molecular weight excluding hydrogens is 486 g/mol. The normalized spacial score (nSPS) is 15.3. The smallest absolute Gasteiger partial charge is 0.262 e. The molecule has 2 aliphatic rings. The predicted octanol–water partition coefficient (Wildman–Crippen LogP) is 5.12. The van der Waals surface area contributed by atoms with Crippen LogP contribution in [0.4, 0.5) is 19.7 Å². The zero-order chi connectivity index (χ0) is 24.6. The predicted molar refractivity (Wildman–Crippen MR) is 131 cm³/mol. The molecule has 1 amide bonds. The van der Waals surface area contributed by atoms with Crippen LogP contribution in [0.25, 0.3) is 17.2 Å². The molecule has 1 aliphatic heterocycles. The van der Waals surface area contributed by atoms with Crippen molar-refractivity contribution in [2.75, 3.05) is 23.3 Å². The maximum absolute atomic E-state index is 14.0. The number of carbonyl (C=O) groups excluding carboxylic acids is 1. The van der Waals surface area contributed by atoms with Gasteiger partial charge in [-0.15, -0.1) is 11.3 Å². The number of nitrogens with zero attached hydrogens (tertiary/aromatic N) is 5. The SMILES string of the molecule is O=C(Nc1cnc2c(n1)CCCC1=C2CN(c2nc(-c3ncco3)cs2)CC1)c1c(F)cccc1F. The summed E-state index contributed by atoms with van der Waals surface area (Å²) in [6.07, 6.45) is 8.00. The first-order chi connectivity index (χ1) is 17.6. The van der Waals surface area contributed by atoms with Gasteiger partial charge < -0.3 is 14.6 Å². The Bertz CT molecular complexity index is 1460. The average Bonchev–Trinajstić information content (AvgIpc) is 3.54. The van der Waals surface area contributed by atoms with Gasteiger partial charge in [0, 0.05) is 18.5 Å². The molecule has 0 saturated carbocycles. The third kappa shape index (κ3) is 4.15. The molecule has 1 N–H and O–H groups in total. The van der Waals surface area contributed by atoms with Gasteiger partial charge in [-0.3, -0.25) is 9.78 Å². The van der Waals surface area contributed by atoms with E-state index in [2.05, 4.69) is 25.2 Å². The number of thiazole rings is 1. The van der Waals surface area contributed by atoms with Crippen LogP contribution in [0.15, 0.2) is 52.2 Å². The number of aromatic nitrogens is 4. The number of halogens is 2. The lowest BCUT2D eigenvalue weighted by atomic mass is 9.96. The molecule has 3 aromatic heterocycles. The molecule has 0 atom stereocenters. The molecule has 36 heavy (non-hydrogen) atoms. The molecule has 0 fully saturated rings. The van der Waals surface area contributed by atoms with E-state index in [0.717, 1.165) is 60.0 Å². The molecule has 0 unspecified atom stereocenters. The van der Waals surface area contributed by atoms with E-state index in [1.54, 1.807) is 6.20 Å². The summed E-state index contributed by atoms with van der Waals surface area (Å²) in [5.74, 6) is -2.11. The molecule has 1 aliphatic carbocycles. The largest absolute Gasteiger partial charge is 0.443 e. The Morgan fingerprint density at radius 2 is 1.97 bits per heavy atom. The Morgan fingerprint density at radius 3 is 2.78 bits per heavy atom. The molecule has 1 aromatic carbocycles. The lowest BCUT2D eigenvalue weighted by molar-refractivity contribution is 0.101. The Labute approximate surface area is 208 Å². The molecule has 0 radical (unpaired) electrons. The fourth-order valence-electron chi connectivity index (χ4n) is 4.62. The van der Waals surface area contributed by atoms with Crippen molar-refractivity contribution in [1.29, 1.82) is 0 Å². The number of nitrogens with one attached hydrogen (secondary N) is 1. The van der Waals surface area contributed by atoms with E-state index in [0.29, 0.717) is 24.6 Å². The molecule has 0 saturated heterocycles. The van der Waals surface area contributed by atoms with Gasteiger partial charge >= 0.3 is 0 Å². The summed E-state index contributed by atoms with van der Waals surface area (Å²) in [4.78, 5) is 32.8. The van der Waals surface area contributed by atoms with Crippen LogP contribution in [0.5, 0.6) is 0 Å². The third-order valence-electron chi connectivity index (χ3n) is 6.33. The van der Waals surface area contributed by atoms with Gasteiger partial charge in [-0.05, 0) is 43.4 Å². The van der Waals surface area contributed by atoms with Gasteiger partial charge in [-0.25, -0.2) is 23.7 Å². The standard InChI is InChI=1S/C25H20F2N6O2S/c26-16-4-2-5-17(27)21(16)23(34)32-20-11-29-22-15-12-33(9-7-14(15)3-1-6-18(22)30-20)25-31-19(13-36-25)24-28-8-10-35-24/h2,4-5,8,10-11,13H,1,3,6-7,9,12H2,(H,30,32,34). The second kappa shape index (κ2) is 9.23. The van der Waals surface area contributed by atoms with E-state index < -0.39 is 23.1 Å². The molecule has 4 aromatic rings. The average molecular weight is 507 g/mol. The fourth-order valence-corrected chi connectivity index (χ4v) is 5.45. The van der Waals surface area contributed by atoms with Gasteiger partial charge in [0.1, 0.15) is 29.2 Å². The van der Waals surface area contributed by atoms with Crippen molar-refractivity contribution in [1.82, 2.24) is 19.9 Å². The fraction of sp³-hybridized carbons (Fsp3) is 0.240. The Hall–Kier alpha value is -3.99. The maximum Gasteiger partial charge on any atom is 0.262 e. The molecule has 8 nitrogen and oxygen atoms in total. The Kier molecular flexibility index (Phi) is 5.76. The monoisotopic (exact) mass is 506 g/mol. The van der Waals surface area contributed by atoms with Gasteiger partial charge in [-0.2, -0.15) is 0 Å². The van der Waals surface area contributed by atoms with Crippen LogP contribution >= 0.6 is 11.3 Å². The number of hydrogen-bond acceptors (Lipinski definition) is 8. The van der Waals surface area contributed by atoms with Crippen LogP contribution in [0.3, 0.4) is 0 Å². The van der Waals surface area contributed by atoms with Crippen LogP contribution in [0.2, 0.25) is 0 Å². The summed E-state index contributed by atoms with van der Waals surface area (Å²) < 4.78 is 33.4.